The van der Waals surface area contributed by atoms with Gasteiger partial charge in [0.05, 0.1) is 11.4 Å². The third kappa shape index (κ3) is 3.31. The fourth-order valence-corrected chi connectivity index (χ4v) is 4.19. The Morgan fingerprint density at radius 1 is 0.667 bits per heavy atom. The highest BCUT2D eigenvalue weighted by molar-refractivity contribution is 6.17. The zero-order valence-corrected chi connectivity index (χ0v) is 17.1. The second-order valence-corrected chi connectivity index (χ2v) is 7.56. The molecule has 0 unspecified atom stereocenters. The molecule has 0 saturated carbocycles. The Balaban J connectivity index is 1.75. The summed E-state index contributed by atoms with van der Waals surface area (Å²) in [5.41, 5.74) is 6.80. The molecule has 2 heteroatoms. The van der Waals surface area contributed by atoms with Crippen molar-refractivity contribution in [2.24, 2.45) is 4.99 Å². The number of hydrogen-bond acceptors (Lipinski definition) is 1. The molecular weight excluding hydrogens is 364 g/mol. The molecule has 1 aromatic heterocycles. The summed E-state index contributed by atoms with van der Waals surface area (Å²) in [5.74, 6) is 0. The van der Waals surface area contributed by atoms with Crippen LogP contribution in [0.2, 0.25) is 0 Å². The monoisotopic (exact) mass is 388 g/mol. The number of hydrogen-bond donors (Lipinski definition) is 0. The van der Waals surface area contributed by atoms with Gasteiger partial charge in [0, 0.05) is 39.5 Å². The summed E-state index contributed by atoms with van der Waals surface area (Å²) in [4.78, 5) is 5.04. The van der Waals surface area contributed by atoms with Gasteiger partial charge in [-0.1, -0.05) is 79.7 Å². The van der Waals surface area contributed by atoms with Gasteiger partial charge in [-0.15, -0.1) is 0 Å². The second kappa shape index (κ2) is 8.00. The van der Waals surface area contributed by atoms with E-state index in [-0.39, 0.29) is 0 Å². The molecule has 0 N–H and O–H groups in total. The maximum atomic E-state index is 5.04. The van der Waals surface area contributed by atoms with Crippen LogP contribution < -0.4 is 0 Å². The third-order valence-electron chi connectivity index (χ3n) is 5.54. The molecule has 0 atom stereocenters. The van der Waals surface area contributed by atoms with Crippen molar-refractivity contribution in [2.75, 3.05) is 0 Å². The summed E-state index contributed by atoms with van der Waals surface area (Å²) >= 11 is 0. The summed E-state index contributed by atoms with van der Waals surface area (Å²) in [7, 11) is 0. The lowest BCUT2D eigenvalue weighted by atomic mass is 10.00. The summed E-state index contributed by atoms with van der Waals surface area (Å²) in [6.45, 7) is 3.25. The number of benzene rings is 4. The molecule has 0 radical (unpaired) electrons. The van der Waals surface area contributed by atoms with Gasteiger partial charge < -0.3 is 4.57 Å². The van der Waals surface area contributed by atoms with Gasteiger partial charge in [0.25, 0.3) is 0 Å². The van der Waals surface area contributed by atoms with Crippen LogP contribution in [0.4, 0.5) is 5.69 Å². The first-order valence-electron chi connectivity index (χ1n) is 10.6. The predicted octanol–water partition coefficient (Wildman–Crippen LogP) is 7.37. The fourth-order valence-electron chi connectivity index (χ4n) is 4.19. The predicted molar refractivity (Wildman–Crippen MR) is 128 cm³/mol. The first kappa shape index (κ1) is 18.4. The first-order chi connectivity index (χ1) is 14.8. The Labute approximate surface area is 177 Å². The zero-order valence-electron chi connectivity index (χ0n) is 17.1. The molecule has 2 nitrogen and oxygen atoms in total. The highest BCUT2D eigenvalue weighted by Gasteiger charge is 2.13. The minimum Gasteiger partial charge on any atom is -0.340 e. The van der Waals surface area contributed by atoms with Crippen molar-refractivity contribution in [3.63, 3.8) is 0 Å². The van der Waals surface area contributed by atoms with E-state index in [0.717, 1.165) is 35.5 Å². The van der Waals surface area contributed by atoms with Crippen LogP contribution >= 0.6 is 0 Å². The van der Waals surface area contributed by atoms with Gasteiger partial charge in [0.15, 0.2) is 0 Å². The maximum absolute atomic E-state index is 5.04. The minimum absolute atomic E-state index is 0.963. The maximum Gasteiger partial charge on any atom is 0.0781 e. The number of aromatic nitrogens is 1. The van der Waals surface area contributed by atoms with Crippen molar-refractivity contribution < 1.29 is 0 Å². The van der Waals surface area contributed by atoms with Crippen LogP contribution in [0.25, 0.3) is 21.8 Å². The van der Waals surface area contributed by atoms with Crippen LogP contribution in [0.3, 0.4) is 0 Å². The Kier molecular flexibility index (Phi) is 4.90. The zero-order chi connectivity index (χ0) is 20.3. The molecule has 0 aliphatic heterocycles. The van der Waals surface area contributed by atoms with Gasteiger partial charge in [-0.3, -0.25) is 0 Å². The van der Waals surface area contributed by atoms with Crippen molar-refractivity contribution in [3.05, 3.63) is 114 Å². The van der Waals surface area contributed by atoms with Gasteiger partial charge >= 0.3 is 0 Å². The smallest absolute Gasteiger partial charge is 0.0781 e. The molecule has 0 fully saturated rings. The Morgan fingerprint density at radius 3 is 2.10 bits per heavy atom. The molecule has 0 aliphatic carbocycles. The lowest BCUT2D eigenvalue weighted by Crippen LogP contribution is -2.03. The van der Waals surface area contributed by atoms with E-state index >= 15 is 0 Å². The number of aryl methyl sites for hydroxylation is 1. The SMILES string of the molecule is CCCn1c2ccccc2c2cc(C(=Nc3ccccc3)c3ccccc3)ccc21. The summed E-state index contributed by atoms with van der Waals surface area (Å²) in [6, 6.07) is 36.1. The topological polar surface area (TPSA) is 17.3 Å². The van der Waals surface area contributed by atoms with E-state index in [1.807, 2.05) is 24.3 Å². The number of aliphatic imine (C=N–C) groups is 1. The molecule has 5 aromatic rings. The quantitative estimate of drug-likeness (QED) is 0.280. The van der Waals surface area contributed by atoms with Gasteiger partial charge in [-0.25, -0.2) is 4.99 Å². The van der Waals surface area contributed by atoms with Gasteiger partial charge in [-0.2, -0.15) is 0 Å². The summed E-state index contributed by atoms with van der Waals surface area (Å²) < 4.78 is 2.44. The van der Waals surface area contributed by atoms with Crippen LogP contribution in [0, 0.1) is 0 Å². The molecular formula is C28H24N2. The minimum atomic E-state index is 0.963. The van der Waals surface area contributed by atoms with Crippen molar-refractivity contribution in [1.82, 2.24) is 4.57 Å². The Hall–Kier alpha value is -3.65. The first-order valence-corrected chi connectivity index (χ1v) is 10.6. The lowest BCUT2D eigenvalue weighted by molar-refractivity contribution is 0.724. The Morgan fingerprint density at radius 2 is 1.33 bits per heavy atom. The van der Waals surface area contributed by atoms with Crippen LogP contribution in [0.5, 0.6) is 0 Å². The largest absolute Gasteiger partial charge is 0.340 e. The van der Waals surface area contributed by atoms with Crippen LogP contribution in [-0.2, 0) is 6.54 Å². The van der Waals surface area contributed by atoms with Crippen molar-refractivity contribution in [1.29, 1.82) is 0 Å². The standard InChI is InChI=1S/C28H24N2/c1-2-19-30-26-16-10-9-15-24(26)25-20-22(17-18-27(25)30)28(21-11-5-3-6-12-21)29-23-13-7-4-8-14-23/h3-18,20H,2,19H2,1H3. The van der Waals surface area contributed by atoms with E-state index in [0.29, 0.717) is 0 Å². The van der Waals surface area contributed by atoms with Crippen molar-refractivity contribution in [3.8, 4) is 0 Å². The van der Waals surface area contributed by atoms with E-state index in [4.69, 9.17) is 4.99 Å². The fraction of sp³-hybridized carbons (Fsp3) is 0.107. The molecule has 146 valence electrons. The average Bonchev–Trinajstić information content (AvgIpc) is 3.12. The second-order valence-electron chi connectivity index (χ2n) is 7.56. The summed E-state index contributed by atoms with van der Waals surface area (Å²) in [6.07, 6.45) is 1.11. The normalized spacial score (nSPS) is 12.0. The Bertz CT molecular complexity index is 1330. The molecule has 0 amide bonds. The van der Waals surface area contributed by atoms with Gasteiger partial charge in [0.2, 0.25) is 0 Å². The molecule has 0 bridgehead atoms. The molecule has 1 heterocycles. The van der Waals surface area contributed by atoms with Gasteiger partial charge in [-0.05, 0) is 36.8 Å². The highest BCUT2D eigenvalue weighted by Crippen LogP contribution is 2.31. The van der Waals surface area contributed by atoms with E-state index in [9.17, 15) is 0 Å². The highest BCUT2D eigenvalue weighted by atomic mass is 15.0. The molecule has 0 saturated heterocycles. The van der Waals surface area contributed by atoms with E-state index < -0.39 is 0 Å². The number of para-hydroxylation sites is 2. The molecule has 0 spiro atoms. The summed E-state index contributed by atoms with van der Waals surface area (Å²) in [5, 5.41) is 2.59. The number of rotatable bonds is 5. The van der Waals surface area contributed by atoms with Crippen molar-refractivity contribution in [2.45, 2.75) is 19.9 Å². The molecule has 30 heavy (non-hydrogen) atoms. The van der Waals surface area contributed by atoms with Crippen molar-refractivity contribution >= 4 is 33.2 Å². The third-order valence-corrected chi connectivity index (χ3v) is 5.54. The van der Waals surface area contributed by atoms with Crippen LogP contribution in [0.15, 0.2) is 108 Å². The van der Waals surface area contributed by atoms with E-state index in [1.165, 1.54) is 21.8 Å². The molecule has 5 rings (SSSR count). The van der Waals surface area contributed by atoms with Crippen LogP contribution in [0.1, 0.15) is 24.5 Å². The number of fused-ring (bicyclic) bond motifs is 3. The van der Waals surface area contributed by atoms with Crippen LogP contribution in [-0.4, -0.2) is 10.3 Å². The lowest BCUT2D eigenvalue weighted by Gasteiger charge is -2.09. The number of nitrogens with zero attached hydrogens (tertiary/aromatic N) is 2. The average molecular weight is 389 g/mol. The molecule has 4 aromatic carbocycles. The van der Waals surface area contributed by atoms with Gasteiger partial charge in [0.1, 0.15) is 0 Å². The molecule has 0 aliphatic rings. The van der Waals surface area contributed by atoms with E-state index in [1.54, 1.807) is 0 Å². The van der Waals surface area contributed by atoms with E-state index in [2.05, 4.69) is 90.4 Å².